The van der Waals surface area contributed by atoms with E-state index in [0.29, 0.717) is 13.0 Å². The number of nitrogens with one attached hydrogen (secondary N) is 1. The number of aromatic nitrogens is 1. The molecule has 0 radical (unpaired) electrons. The monoisotopic (exact) mass is 333 g/mol. The van der Waals surface area contributed by atoms with Gasteiger partial charge in [0.15, 0.2) is 0 Å². The van der Waals surface area contributed by atoms with Crippen molar-refractivity contribution in [3.05, 3.63) is 39.4 Å². The normalized spacial score (nSPS) is 16.6. The second-order valence-electron chi connectivity index (χ2n) is 6.06. The molecule has 23 heavy (non-hydrogen) atoms. The largest absolute Gasteiger partial charge is 0.361 e. The van der Waals surface area contributed by atoms with E-state index in [2.05, 4.69) is 32.9 Å². The third kappa shape index (κ3) is 3.82. The summed E-state index contributed by atoms with van der Waals surface area (Å²) in [7, 11) is 0. The van der Waals surface area contributed by atoms with Gasteiger partial charge in [0.05, 0.1) is 18.2 Å². The molecule has 1 amide bonds. The van der Waals surface area contributed by atoms with Crippen LogP contribution in [0.5, 0.6) is 0 Å². The molecule has 6 heteroatoms. The Morgan fingerprint density at radius 3 is 2.83 bits per heavy atom. The Morgan fingerprint density at radius 1 is 1.43 bits per heavy atom. The lowest BCUT2D eigenvalue weighted by Gasteiger charge is -2.26. The topological polar surface area (TPSA) is 58.4 Å². The fraction of sp³-hybridized carbons (Fsp3) is 0.529. The smallest absolute Gasteiger partial charge is 0.224 e. The lowest BCUT2D eigenvalue weighted by molar-refractivity contribution is -0.120. The Labute approximate surface area is 140 Å². The highest BCUT2D eigenvalue weighted by Crippen LogP contribution is 2.27. The van der Waals surface area contributed by atoms with Crippen molar-refractivity contribution in [3.63, 3.8) is 0 Å². The summed E-state index contributed by atoms with van der Waals surface area (Å²) in [5.74, 6) is 0.757. The first kappa shape index (κ1) is 16.2. The quantitative estimate of drug-likeness (QED) is 0.883. The highest BCUT2D eigenvalue weighted by Gasteiger charge is 2.25. The van der Waals surface area contributed by atoms with Gasteiger partial charge in [-0.3, -0.25) is 9.69 Å². The Morgan fingerprint density at radius 2 is 2.22 bits per heavy atom. The van der Waals surface area contributed by atoms with E-state index in [1.807, 2.05) is 13.8 Å². The Balaban J connectivity index is 1.61. The molecule has 0 bridgehead atoms. The molecular formula is C17H23N3O2S. The van der Waals surface area contributed by atoms with Crippen molar-refractivity contribution in [3.8, 4) is 0 Å². The number of carbonyl (C=O) groups is 1. The Hall–Kier alpha value is -1.66. The molecule has 1 unspecified atom stereocenters. The van der Waals surface area contributed by atoms with E-state index in [9.17, 15) is 4.79 Å². The average molecular weight is 333 g/mol. The summed E-state index contributed by atoms with van der Waals surface area (Å²) in [6, 6.07) is 4.52. The average Bonchev–Trinajstić information content (AvgIpc) is 3.27. The van der Waals surface area contributed by atoms with Crippen molar-refractivity contribution in [2.75, 3.05) is 19.6 Å². The van der Waals surface area contributed by atoms with Gasteiger partial charge in [0.2, 0.25) is 5.91 Å². The minimum atomic E-state index is 0.0279. The number of hydrogen-bond acceptors (Lipinski definition) is 5. The molecule has 1 aliphatic rings. The molecule has 0 aliphatic carbocycles. The minimum absolute atomic E-state index is 0.0279. The van der Waals surface area contributed by atoms with Crippen LogP contribution in [0.2, 0.25) is 0 Å². The van der Waals surface area contributed by atoms with Crippen molar-refractivity contribution in [2.24, 2.45) is 0 Å². The summed E-state index contributed by atoms with van der Waals surface area (Å²) in [6.07, 6.45) is 2.82. The molecule has 3 heterocycles. The predicted octanol–water partition coefficient (Wildman–Crippen LogP) is 2.85. The Kier molecular flexibility index (Phi) is 5.13. The van der Waals surface area contributed by atoms with Gasteiger partial charge in [-0.05, 0) is 51.2 Å². The number of likely N-dealkylation sites (tertiary alicyclic amines) is 1. The van der Waals surface area contributed by atoms with E-state index in [-0.39, 0.29) is 11.9 Å². The van der Waals surface area contributed by atoms with Crippen molar-refractivity contribution >= 4 is 17.2 Å². The third-order valence-corrected chi connectivity index (χ3v) is 5.44. The SMILES string of the molecule is Cc1noc(C)c1CC(=O)NCC(c1cccs1)N1CCCC1. The summed E-state index contributed by atoms with van der Waals surface area (Å²) in [5, 5.41) is 9.11. The summed E-state index contributed by atoms with van der Waals surface area (Å²) in [4.78, 5) is 16.1. The van der Waals surface area contributed by atoms with Crippen molar-refractivity contribution in [1.29, 1.82) is 0 Å². The second-order valence-corrected chi connectivity index (χ2v) is 7.04. The summed E-state index contributed by atoms with van der Waals surface area (Å²) >= 11 is 1.76. The zero-order valence-corrected chi connectivity index (χ0v) is 14.5. The number of carbonyl (C=O) groups excluding carboxylic acids is 1. The van der Waals surface area contributed by atoms with E-state index in [4.69, 9.17) is 4.52 Å². The molecule has 1 N–H and O–H groups in total. The van der Waals surface area contributed by atoms with Crippen LogP contribution >= 0.6 is 11.3 Å². The van der Waals surface area contributed by atoms with E-state index in [0.717, 1.165) is 30.1 Å². The van der Waals surface area contributed by atoms with Gasteiger partial charge in [-0.25, -0.2) is 0 Å². The highest BCUT2D eigenvalue weighted by atomic mass is 32.1. The van der Waals surface area contributed by atoms with Crippen molar-refractivity contribution in [1.82, 2.24) is 15.4 Å². The molecule has 1 aliphatic heterocycles. The fourth-order valence-electron chi connectivity index (χ4n) is 3.13. The van der Waals surface area contributed by atoms with Gasteiger partial charge in [0, 0.05) is 17.0 Å². The van der Waals surface area contributed by atoms with Crippen LogP contribution in [-0.2, 0) is 11.2 Å². The van der Waals surface area contributed by atoms with E-state index in [1.54, 1.807) is 11.3 Å². The number of thiophene rings is 1. The number of hydrogen-bond donors (Lipinski definition) is 1. The molecule has 2 aromatic rings. The summed E-state index contributed by atoms with van der Waals surface area (Å²) < 4.78 is 5.13. The molecule has 0 aromatic carbocycles. The van der Waals surface area contributed by atoms with Gasteiger partial charge in [-0.15, -0.1) is 11.3 Å². The number of aryl methyl sites for hydroxylation is 2. The third-order valence-electron chi connectivity index (χ3n) is 4.46. The molecule has 0 saturated carbocycles. The summed E-state index contributed by atoms with van der Waals surface area (Å²) in [5.41, 5.74) is 1.70. The molecule has 124 valence electrons. The van der Waals surface area contributed by atoms with Crippen LogP contribution in [0.25, 0.3) is 0 Å². The fourth-order valence-corrected chi connectivity index (χ4v) is 3.99. The van der Waals surface area contributed by atoms with Gasteiger partial charge < -0.3 is 9.84 Å². The van der Waals surface area contributed by atoms with Gasteiger partial charge in [-0.1, -0.05) is 11.2 Å². The molecule has 1 atom stereocenters. The first-order chi connectivity index (χ1) is 11.1. The van der Waals surface area contributed by atoms with E-state index in [1.165, 1.54) is 17.7 Å². The first-order valence-electron chi connectivity index (χ1n) is 8.11. The predicted molar refractivity (Wildman–Crippen MR) is 90.6 cm³/mol. The minimum Gasteiger partial charge on any atom is -0.361 e. The standard InChI is InChI=1S/C17H23N3O2S/c1-12-14(13(2)22-19-12)10-17(21)18-11-15(16-6-5-9-23-16)20-7-3-4-8-20/h5-6,9,15H,3-4,7-8,10-11H2,1-2H3,(H,18,21). The zero-order valence-electron chi connectivity index (χ0n) is 13.7. The molecule has 3 rings (SSSR count). The van der Waals surface area contributed by atoms with Gasteiger partial charge in [0.1, 0.15) is 5.76 Å². The van der Waals surface area contributed by atoms with Crippen LogP contribution in [0, 0.1) is 13.8 Å². The van der Waals surface area contributed by atoms with Crippen LogP contribution in [-0.4, -0.2) is 35.6 Å². The number of amides is 1. The van der Waals surface area contributed by atoms with Gasteiger partial charge >= 0.3 is 0 Å². The molecule has 5 nitrogen and oxygen atoms in total. The molecule has 0 spiro atoms. The highest BCUT2D eigenvalue weighted by molar-refractivity contribution is 7.10. The lowest BCUT2D eigenvalue weighted by atomic mass is 10.1. The summed E-state index contributed by atoms with van der Waals surface area (Å²) in [6.45, 7) is 6.60. The maximum atomic E-state index is 12.3. The van der Waals surface area contributed by atoms with Gasteiger partial charge in [-0.2, -0.15) is 0 Å². The van der Waals surface area contributed by atoms with Crippen LogP contribution in [0.1, 0.15) is 40.8 Å². The van der Waals surface area contributed by atoms with E-state index >= 15 is 0 Å². The number of rotatable bonds is 6. The maximum absolute atomic E-state index is 12.3. The lowest BCUT2D eigenvalue weighted by Crippen LogP contribution is -2.37. The van der Waals surface area contributed by atoms with Crippen molar-refractivity contribution in [2.45, 2.75) is 39.2 Å². The van der Waals surface area contributed by atoms with Crippen LogP contribution in [0.4, 0.5) is 0 Å². The van der Waals surface area contributed by atoms with Gasteiger partial charge in [0.25, 0.3) is 0 Å². The zero-order chi connectivity index (χ0) is 16.2. The van der Waals surface area contributed by atoms with Crippen LogP contribution in [0.15, 0.2) is 22.0 Å². The molecular weight excluding hydrogens is 310 g/mol. The second kappa shape index (κ2) is 7.27. The molecule has 1 fully saturated rings. The first-order valence-corrected chi connectivity index (χ1v) is 8.99. The number of nitrogens with zero attached hydrogens (tertiary/aromatic N) is 2. The van der Waals surface area contributed by atoms with Crippen molar-refractivity contribution < 1.29 is 9.32 Å². The molecule has 1 saturated heterocycles. The molecule has 2 aromatic heterocycles. The van der Waals surface area contributed by atoms with Crippen LogP contribution in [0.3, 0.4) is 0 Å². The van der Waals surface area contributed by atoms with Crippen LogP contribution < -0.4 is 5.32 Å². The Bertz CT molecular complexity index is 625. The van der Waals surface area contributed by atoms with E-state index < -0.39 is 0 Å². The maximum Gasteiger partial charge on any atom is 0.224 e.